The van der Waals surface area contributed by atoms with E-state index in [0.29, 0.717) is 23.9 Å². The van der Waals surface area contributed by atoms with Gasteiger partial charge in [-0.15, -0.1) is 0 Å². The lowest BCUT2D eigenvalue weighted by Gasteiger charge is -2.26. The fourth-order valence-electron chi connectivity index (χ4n) is 3.03. The summed E-state index contributed by atoms with van der Waals surface area (Å²) in [5.41, 5.74) is 0.624. The highest BCUT2D eigenvalue weighted by atomic mass is 16.5. The highest BCUT2D eigenvalue weighted by molar-refractivity contribution is 5.95. The molecule has 154 valence electrons. The average molecular weight is 389 g/mol. The van der Waals surface area contributed by atoms with Crippen molar-refractivity contribution in [3.05, 3.63) is 24.3 Å². The predicted octanol–water partition coefficient (Wildman–Crippen LogP) is 2.42. The molecule has 28 heavy (non-hydrogen) atoms. The molecule has 0 unspecified atom stereocenters. The van der Waals surface area contributed by atoms with Crippen molar-refractivity contribution in [2.75, 3.05) is 32.1 Å². The van der Waals surface area contributed by atoms with E-state index in [1.165, 1.54) is 0 Å². The Labute approximate surface area is 166 Å². The fraction of sp³-hybridized carbons (Fsp3) is 0.571. The van der Waals surface area contributed by atoms with Gasteiger partial charge in [-0.25, -0.2) is 0 Å². The minimum Gasteiger partial charge on any atom is -0.497 e. The maximum Gasteiger partial charge on any atom is 0.243 e. The molecule has 1 aliphatic carbocycles. The lowest BCUT2D eigenvalue weighted by atomic mass is 10.0. The van der Waals surface area contributed by atoms with Crippen LogP contribution in [0, 0.1) is 11.8 Å². The lowest BCUT2D eigenvalue weighted by Crippen LogP contribution is -2.45. The van der Waals surface area contributed by atoms with Crippen LogP contribution >= 0.6 is 0 Å². The van der Waals surface area contributed by atoms with Gasteiger partial charge in [-0.2, -0.15) is 0 Å². The summed E-state index contributed by atoms with van der Waals surface area (Å²) < 4.78 is 5.07. The second kappa shape index (κ2) is 10.7. The second-order valence-electron chi connectivity index (χ2n) is 7.23. The zero-order valence-electron chi connectivity index (χ0n) is 17.0. The van der Waals surface area contributed by atoms with Crippen molar-refractivity contribution in [2.45, 2.75) is 39.5 Å². The molecule has 1 saturated carbocycles. The monoisotopic (exact) mass is 389 g/mol. The summed E-state index contributed by atoms with van der Waals surface area (Å²) >= 11 is 0. The molecule has 2 N–H and O–H groups in total. The molecule has 0 spiro atoms. The minimum atomic E-state index is -0.321. The van der Waals surface area contributed by atoms with Crippen molar-refractivity contribution in [3.63, 3.8) is 0 Å². The maximum absolute atomic E-state index is 12.7. The normalized spacial score (nSPS) is 13.1. The smallest absolute Gasteiger partial charge is 0.243 e. The number of amides is 3. The average Bonchev–Trinajstić information content (AvgIpc) is 3.51. The minimum absolute atomic E-state index is 0.00164. The van der Waals surface area contributed by atoms with Crippen LogP contribution in [0.4, 0.5) is 5.69 Å². The largest absolute Gasteiger partial charge is 0.497 e. The molecule has 1 fully saturated rings. The van der Waals surface area contributed by atoms with E-state index in [1.54, 1.807) is 36.3 Å². The summed E-state index contributed by atoms with van der Waals surface area (Å²) in [6.45, 7) is 4.47. The fourth-order valence-corrected chi connectivity index (χ4v) is 3.03. The number of anilines is 1. The quantitative estimate of drug-likeness (QED) is 0.608. The summed E-state index contributed by atoms with van der Waals surface area (Å²) in [6.07, 6.45) is 3.75. The van der Waals surface area contributed by atoms with Crippen LogP contribution in [0.25, 0.3) is 0 Å². The number of methoxy groups -OCH3 is 1. The molecule has 7 heteroatoms. The number of carbonyl (C=O) groups excluding carboxylic acids is 3. The zero-order chi connectivity index (χ0) is 20.5. The van der Waals surface area contributed by atoms with Gasteiger partial charge >= 0.3 is 0 Å². The molecule has 0 bridgehead atoms. The van der Waals surface area contributed by atoms with Crippen LogP contribution in [0.15, 0.2) is 24.3 Å². The first-order valence-corrected chi connectivity index (χ1v) is 9.96. The summed E-state index contributed by atoms with van der Waals surface area (Å²) in [4.78, 5) is 38.7. The van der Waals surface area contributed by atoms with E-state index in [0.717, 1.165) is 25.7 Å². The van der Waals surface area contributed by atoms with E-state index in [1.807, 2.05) is 13.8 Å². The Kier molecular flexibility index (Phi) is 8.29. The van der Waals surface area contributed by atoms with Crippen LogP contribution in [-0.4, -0.2) is 49.4 Å². The van der Waals surface area contributed by atoms with E-state index in [2.05, 4.69) is 10.6 Å². The first-order valence-electron chi connectivity index (χ1n) is 9.96. The first kappa shape index (κ1) is 21.7. The SMILES string of the molecule is CCC(CC)C(=O)N(CC(=O)NCC(=O)Nc1ccc(OC)cc1)CC1CC1. The standard InChI is InChI=1S/C21H31N3O4/c1-4-16(5-2)21(27)24(13-15-6-7-15)14-20(26)22-12-19(25)23-17-8-10-18(28-3)11-9-17/h8-11,15-16H,4-7,12-14H2,1-3H3,(H,22,26)(H,23,25). The van der Waals surface area contributed by atoms with Gasteiger partial charge in [0.2, 0.25) is 17.7 Å². The molecule has 1 aromatic rings. The predicted molar refractivity (Wildman–Crippen MR) is 108 cm³/mol. The number of hydrogen-bond acceptors (Lipinski definition) is 4. The molecule has 3 amide bonds. The van der Waals surface area contributed by atoms with Crippen LogP contribution in [0.3, 0.4) is 0 Å². The molecule has 0 heterocycles. The Morgan fingerprint density at radius 2 is 1.75 bits per heavy atom. The van der Waals surface area contributed by atoms with E-state index < -0.39 is 0 Å². The van der Waals surface area contributed by atoms with Gasteiger partial charge in [-0.3, -0.25) is 14.4 Å². The van der Waals surface area contributed by atoms with Crippen LogP contribution in [0.5, 0.6) is 5.75 Å². The Hall–Kier alpha value is -2.57. The van der Waals surface area contributed by atoms with Gasteiger partial charge in [0, 0.05) is 18.2 Å². The third-order valence-electron chi connectivity index (χ3n) is 4.98. The molecule has 1 aliphatic rings. The van der Waals surface area contributed by atoms with Crippen LogP contribution < -0.4 is 15.4 Å². The second-order valence-corrected chi connectivity index (χ2v) is 7.23. The third-order valence-corrected chi connectivity index (χ3v) is 4.98. The van der Waals surface area contributed by atoms with Gasteiger partial charge in [-0.05, 0) is 55.9 Å². The Bertz CT molecular complexity index is 667. The molecule has 0 atom stereocenters. The Morgan fingerprint density at radius 3 is 2.29 bits per heavy atom. The molecule has 2 rings (SSSR count). The number of nitrogens with zero attached hydrogens (tertiary/aromatic N) is 1. The molecule has 0 aliphatic heterocycles. The van der Waals surface area contributed by atoms with E-state index in [9.17, 15) is 14.4 Å². The number of ether oxygens (including phenoxy) is 1. The number of nitrogens with one attached hydrogen (secondary N) is 2. The summed E-state index contributed by atoms with van der Waals surface area (Å²) in [7, 11) is 1.57. The maximum atomic E-state index is 12.7. The first-order chi connectivity index (χ1) is 13.5. The van der Waals surface area contributed by atoms with E-state index >= 15 is 0 Å². The summed E-state index contributed by atoms with van der Waals surface area (Å²) in [6, 6.07) is 6.94. The van der Waals surface area contributed by atoms with Crippen LogP contribution in [-0.2, 0) is 14.4 Å². The van der Waals surface area contributed by atoms with Crippen molar-refractivity contribution in [3.8, 4) is 5.75 Å². The molecular weight excluding hydrogens is 358 g/mol. The lowest BCUT2D eigenvalue weighted by molar-refractivity contribution is -0.140. The molecule has 0 radical (unpaired) electrons. The zero-order valence-corrected chi connectivity index (χ0v) is 17.0. The van der Waals surface area contributed by atoms with Crippen molar-refractivity contribution in [2.24, 2.45) is 11.8 Å². The van der Waals surface area contributed by atoms with Crippen LogP contribution in [0.1, 0.15) is 39.5 Å². The van der Waals surface area contributed by atoms with Crippen LogP contribution in [0.2, 0.25) is 0 Å². The van der Waals surface area contributed by atoms with E-state index in [-0.39, 0.29) is 36.7 Å². The van der Waals surface area contributed by atoms with Crippen molar-refractivity contribution >= 4 is 23.4 Å². The Morgan fingerprint density at radius 1 is 1.11 bits per heavy atom. The number of hydrogen-bond donors (Lipinski definition) is 2. The molecular formula is C21H31N3O4. The van der Waals surface area contributed by atoms with Gasteiger partial charge in [0.15, 0.2) is 0 Å². The van der Waals surface area contributed by atoms with Gasteiger partial charge in [0.25, 0.3) is 0 Å². The molecule has 7 nitrogen and oxygen atoms in total. The number of carbonyl (C=O) groups is 3. The Balaban J connectivity index is 1.82. The number of rotatable bonds is 11. The summed E-state index contributed by atoms with van der Waals surface area (Å²) in [5.74, 6) is 0.553. The summed E-state index contributed by atoms with van der Waals surface area (Å²) in [5, 5.41) is 5.32. The number of benzene rings is 1. The van der Waals surface area contributed by atoms with Crippen molar-refractivity contribution < 1.29 is 19.1 Å². The highest BCUT2D eigenvalue weighted by Gasteiger charge is 2.30. The van der Waals surface area contributed by atoms with E-state index in [4.69, 9.17) is 4.74 Å². The molecule has 1 aromatic carbocycles. The van der Waals surface area contributed by atoms with Gasteiger partial charge in [0.1, 0.15) is 5.75 Å². The van der Waals surface area contributed by atoms with Gasteiger partial charge < -0.3 is 20.3 Å². The topological polar surface area (TPSA) is 87.7 Å². The highest BCUT2D eigenvalue weighted by Crippen LogP contribution is 2.30. The van der Waals surface area contributed by atoms with Gasteiger partial charge in [-0.1, -0.05) is 13.8 Å². The molecule has 0 saturated heterocycles. The van der Waals surface area contributed by atoms with Gasteiger partial charge in [0.05, 0.1) is 20.2 Å². The van der Waals surface area contributed by atoms with Crippen molar-refractivity contribution in [1.82, 2.24) is 10.2 Å². The van der Waals surface area contributed by atoms with Crippen molar-refractivity contribution in [1.29, 1.82) is 0 Å². The molecule has 0 aromatic heterocycles. The third kappa shape index (κ3) is 6.87.